The molecule has 0 bridgehead atoms. The third-order valence-corrected chi connectivity index (χ3v) is 7.23. The minimum absolute atomic E-state index is 0.197. The van der Waals surface area contributed by atoms with Crippen molar-refractivity contribution in [3.63, 3.8) is 0 Å². The number of hydrogen-bond donors (Lipinski definition) is 2. The molecular weight excluding hydrogens is 498 g/mol. The number of para-hydroxylation sites is 1. The molecule has 8 heteroatoms. The number of carbonyl (C=O) groups excluding carboxylic acids is 3. The van der Waals surface area contributed by atoms with E-state index in [9.17, 15) is 14.4 Å². The molecule has 1 aromatic carbocycles. The summed E-state index contributed by atoms with van der Waals surface area (Å²) < 4.78 is 5.65. The predicted molar refractivity (Wildman–Crippen MR) is 158 cm³/mol. The minimum Gasteiger partial charge on any atom is -0.456 e. The molecule has 0 radical (unpaired) electrons. The molecule has 2 rings (SSSR count). The van der Waals surface area contributed by atoms with Gasteiger partial charge in [-0.1, -0.05) is 70.6 Å². The van der Waals surface area contributed by atoms with Crippen molar-refractivity contribution in [3.05, 3.63) is 46.3 Å². The Bertz CT molecular complexity index is 1040. The first kappa shape index (κ1) is 31.3. The lowest BCUT2D eigenvalue weighted by Gasteiger charge is -2.22. The van der Waals surface area contributed by atoms with Crippen LogP contribution >= 0.6 is 11.3 Å². The molecule has 1 heterocycles. The number of thiophene rings is 1. The van der Waals surface area contributed by atoms with E-state index >= 15 is 0 Å². The minimum atomic E-state index is -0.718. The fourth-order valence-electron chi connectivity index (χ4n) is 4.03. The zero-order valence-corrected chi connectivity index (χ0v) is 24.8. The largest absolute Gasteiger partial charge is 0.456 e. The molecule has 3 amide bonds. The second-order valence-corrected chi connectivity index (χ2v) is 11.6. The number of carbonyl (C=O) groups is 3. The molecular formula is C30H45N3O4S. The van der Waals surface area contributed by atoms with Gasteiger partial charge in [0.15, 0.2) is 0 Å². The molecule has 0 aliphatic carbocycles. The molecule has 38 heavy (non-hydrogen) atoms. The molecule has 7 nitrogen and oxygen atoms in total. The van der Waals surface area contributed by atoms with E-state index in [1.54, 1.807) is 32.6 Å². The van der Waals surface area contributed by atoms with E-state index in [1.165, 1.54) is 19.3 Å². The molecule has 0 aliphatic heterocycles. The Morgan fingerprint density at radius 1 is 0.921 bits per heavy atom. The number of urea groups is 1. The van der Waals surface area contributed by atoms with E-state index in [0.717, 1.165) is 49.1 Å². The van der Waals surface area contributed by atoms with Gasteiger partial charge in [-0.15, -0.1) is 11.3 Å². The fraction of sp³-hybridized carbons (Fsp3) is 0.567. The van der Waals surface area contributed by atoms with Gasteiger partial charge in [0.25, 0.3) is 5.91 Å². The van der Waals surface area contributed by atoms with Crippen molar-refractivity contribution in [1.82, 2.24) is 5.32 Å². The summed E-state index contributed by atoms with van der Waals surface area (Å²) in [4.78, 5) is 41.9. The van der Waals surface area contributed by atoms with Crippen LogP contribution in [0.3, 0.4) is 0 Å². The standard InChI is InChI=1S/C30H45N3O4S/c1-7-9-11-12-13-17-20-31-29(36)32-26-24(28(35)37-30(4,5)6)22(3)25(38-26)27(34)33(21-10-8-2)23-18-15-14-16-19-23/h14-16,18-19H,7-13,17,20-21H2,1-6H3,(H2,31,32,36). The van der Waals surface area contributed by atoms with Crippen LogP contribution in [0, 0.1) is 6.92 Å². The van der Waals surface area contributed by atoms with Crippen molar-refractivity contribution >= 4 is 39.9 Å². The molecule has 2 aromatic rings. The van der Waals surface area contributed by atoms with Crippen LogP contribution in [-0.2, 0) is 4.74 Å². The lowest BCUT2D eigenvalue weighted by Crippen LogP contribution is -2.32. The highest BCUT2D eigenvalue weighted by Gasteiger charge is 2.31. The molecule has 0 fully saturated rings. The van der Waals surface area contributed by atoms with Crippen molar-refractivity contribution in [1.29, 1.82) is 0 Å². The summed E-state index contributed by atoms with van der Waals surface area (Å²) in [6.07, 6.45) is 8.55. The second-order valence-electron chi connectivity index (χ2n) is 10.6. The molecule has 2 N–H and O–H groups in total. The quantitative estimate of drug-likeness (QED) is 0.187. The van der Waals surface area contributed by atoms with Crippen LogP contribution in [0.5, 0.6) is 0 Å². The third kappa shape index (κ3) is 9.78. The van der Waals surface area contributed by atoms with E-state index in [2.05, 4.69) is 24.5 Å². The lowest BCUT2D eigenvalue weighted by atomic mass is 10.1. The van der Waals surface area contributed by atoms with Crippen molar-refractivity contribution in [2.24, 2.45) is 0 Å². The first-order valence-electron chi connectivity index (χ1n) is 13.9. The molecule has 0 saturated heterocycles. The first-order valence-corrected chi connectivity index (χ1v) is 14.7. The van der Waals surface area contributed by atoms with E-state index in [4.69, 9.17) is 4.74 Å². The summed E-state index contributed by atoms with van der Waals surface area (Å²) in [7, 11) is 0. The maximum absolute atomic E-state index is 13.8. The van der Waals surface area contributed by atoms with Gasteiger partial charge < -0.3 is 15.0 Å². The Labute approximate surface area is 232 Å². The Morgan fingerprint density at radius 2 is 1.55 bits per heavy atom. The van der Waals surface area contributed by atoms with Gasteiger partial charge in [0.2, 0.25) is 0 Å². The Morgan fingerprint density at radius 3 is 2.18 bits per heavy atom. The average molecular weight is 544 g/mol. The van der Waals surface area contributed by atoms with Gasteiger partial charge in [0.1, 0.15) is 10.6 Å². The SMILES string of the molecule is CCCCCCCCNC(=O)Nc1sc(C(=O)N(CCCC)c2ccccc2)c(C)c1C(=O)OC(C)(C)C. The van der Waals surface area contributed by atoms with Crippen LogP contribution in [0.2, 0.25) is 0 Å². The topological polar surface area (TPSA) is 87.7 Å². The van der Waals surface area contributed by atoms with Crippen molar-refractivity contribution in [2.45, 2.75) is 98.5 Å². The van der Waals surface area contributed by atoms with Gasteiger partial charge in [-0.2, -0.15) is 0 Å². The number of rotatable bonds is 14. The van der Waals surface area contributed by atoms with Crippen molar-refractivity contribution < 1.29 is 19.1 Å². The van der Waals surface area contributed by atoms with Crippen LogP contribution in [0.15, 0.2) is 30.3 Å². The monoisotopic (exact) mass is 543 g/mol. The maximum atomic E-state index is 13.8. The molecule has 0 saturated carbocycles. The number of benzene rings is 1. The van der Waals surface area contributed by atoms with E-state index in [1.807, 2.05) is 30.3 Å². The van der Waals surface area contributed by atoms with Crippen LogP contribution in [0.1, 0.15) is 112 Å². The number of unbranched alkanes of at least 4 members (excludes halogenated alkanes) is 6. The maximum Gasteiger partial charge on any atom is 0.341 e. The van der Waals surface area contributed by atoms with Crippen molar-refractivity contribution in [3.8, 4) is 0 Å². The number of anilines is 2. The number of nitrogens with zero attached hydrogens (tertiary/aromatic N) is 1. The van der Waals surface area contributed by atoms with E-state index < -0.39 is 17.6 Å². The summed E-state index contributed by atoms with van der Waals surface area (Å²) in [5.74, 6) is -0.756. The second kappa shape index (κ2) is 15.5. The van der Waals surface area contributed by atoms with E-state index in [0.29, 0.717) is 28.5 Å². The predicted octanol–water partition coefficient (Wildman–Crippen LogP) is 7.94. The van der Waals surface area contributed by atoms with Crippen molar-refractivity contribution in [2.75, 3.05) is 23.3 Å². The lowest BCUT2D eigenvalue weighted by molar-refractivity contribution is 0.00705. The van der Waals surface area contributed by atoms with Gasteiger partial charge in [-0.3, -0.25) is 10.1 Å². The summed E-state index contributed by atoms with van der Waals surface area (Å²) in [6.45, 7) is 12.5. The average Bonchev–Trinajstić information content (AvgIpc) is 3.18. The zero-order chi connectivity index (χ0) is 28.1. The molecule has 0 atom stereocenters. The highest BCUT2D eigenvalue weighted by Crippen LogP contribution is 2.36. The summed E-state index contributed by atoms with van der Waals surface area (Å²) in [5, 5.41) is 6.03. The number of hydrogen-bond acceptors (Lipinski definition) is 5. The molecule has 0 unspecified atom stereocenters. The highest BCUT2D eigenvalue weighted by molar-refractivity contribution is 7.19. The molecule has 1 aromatic heterocycles. The summed E-state index contributed by atoms with van der Waals surface area (Å²) in [5.41, 5.74) is 0.817. The zero-order valence-electron chi connectivity index (χ0n) is 23.9. The van der Waals surface area contributed by atoms with Gasteiger partial charge in [0, 0.05) is 18.8 Å². The number of esters is 1. The van der Waals surface area contributed by atoms with Crippen LogP contribution in [0.25, 0.3) is 0 Å². The van der Waals surface area contributed by atoms with Crippen LogP contribution in [0.4, 0.5) is 15.5 Å². The summed E-state index contributed by atoms with van der Waals surface area (Å²) >= 11 is 1.12. The Balaban J connectivity index is 2.28. The third-order valence-electron chi connectivity index (χ3n) is 6.04. The Kier molecular flexibility index (Phi) is 12.8. The normalized spacial score (nSPS) is 11.2. The molecule has 210 valence electrons. The smallest absolute Gasteiger partial charge is 0.341 e. The summed E-state index contributed by atoms with van der Waals surface area (Å²) in [6, 6.07) is 9.12. The number of amides is 3. The van der Waals surface area contributed by atoms with Gasteiger partial charge in [-0.05, 0) is 58.2 Å². The van der Waals surface area contributed by atoms with Gasteiger partial charge >= 0.3 is 12.0 Å². The van der Waals surface area contributed by atoms with Gasteiger partial charge in [0.05, 0.1) is 10.4 Å². The molecule has 0 spiro atoms. The van der Waals surface area contributed by atoms with Crippen LogP contribution < -0.4 is 15.5 Å². The number of ether oxygens (including phenoxy) is 1. The first-order chi connectivity index (χ1) is 18.1. The van der Waals surface area contributed by atoms with E-state index in [-0.39, 0.29) is 11.5 Å². The number of nitrogens with one attached hydrogen (secondary N) is 2. The Hall–Kier alpha value is -2.87. The molecule has 0 aliphatic rings. The van der Waals surface area contributed by atoms with Crippen LogP contribution in [-0.4, -0.2) is 36.6 Å². The van der Waals surface area contributed by atoms with Gasteiger partial charge in [-0.25, -0.2) is 9.59 Å². The highest BCUT2D eigenvalue weighted by atomic mass is 32.1. The fourth-order valence-corrected chi connectivity index (χ4v) is 5.17.